The van der Waals surface area contributed by atoms with Crippen molar-refractivity contribution in [1.29, 1.82) is 0 Å². The van der Waals surface area contributed by atoms with E-state index in [4.69, 9.17) is 9.72 Å². The molecule has 0 aliphatic rings. The molecule has 1 N–H and O–H groups in total. The van der Waals surface area contributed by atoms with E-state index in [9.17, 15) is 27.6 Å². The molecule has 1 aromatic heterocycles. The van der Waals surface area contributed by atoms with Crippen LogP contribution in [-0.4, -0.2) is 34.2 Å². The number of halogens is 3. The van der Waals surface area contributed by atoms with Gasteiger partial charge in [0.2, 0.25) is 0 Å². The highest BCUT2D eigenvalue weighted by molar-refractivity contribution is 7.13. The van der Waals surface area contributed by atoms with E-state index in [1.54, 1.807) is 36.4 Å². The van der Waals surface area contributed by atoms with Gasteiger partial charge in [-0.3, -0.25) is 14.4 Å². The van der Waals surface area contributed by atoms with Gasteiger partial charge in [-0.05, 0) is 78.9 Å². The fraction of sp³-hybridized carbons (Fsp3) is 0.211. The van der Waals surface area contributed by atoms with Crippen molar-refractivity contribution in [1.82, 2.24) is 15.2 Å². The molecule has 49 heavy (non-hydrogen) atoms. The predicted octanol–water partition coefficient (Wildman–Crippen LogP) is 8.35. The van der Waals surface area contributed by atoms with Gasteiger partial charge in [0, 0.05) is 42.1 Å². The maximum Gasteiger partial charge on any atom is 0.416 e. The molecule has 4 aromatic carbocycles. The number of alkyl halides is 3. The van der Waals surface area contributed by atoms with Crippen LogP contribution in [0.4, 0.5) is 13.2 Å². The Kier molecular flexibility index (Phi) is 11.6. The molecule has 0 aliphatic heterocycles. The second-order valence-corrected chi connectivity index (χ2v) is 12.3. The first kappa shape index (κ1) is 35.0. The lowest BCUT2D eigenvalue weighted by atomic mass is 10.1. The van der Waals surface area contributed by atoms with Crippen LogP contribution in [0.1, 0.15) is 62.9 Å². The summed E-state index contributed by atoms with van der Waals surface area (Å²) in [6.07, 6.45) is -1.70. The molecule has 0 fully saturated rings. The van der Waals surface area contributed by atoms with E-state index in [1.807, 2.05) is 35.7 Å². The number of amides is 2. The van der Waals surface area contributed by atoms with Crippen molar-refractivity contribution in [3.05, 3.63) is 142 Å². The first-order valence-corrected chi connectivity index (χ1v) is 16.5. The molecule has 7 nitrogen and oxygen atoms in total. The van der Waals surface area contributed by atoms with Gasteiger partial charge in [-0.2, -0.15) is 13.2 Å². The third-order valence-corrected chi connectivity index (χ3v) is 8.56. The monoisotopic (exact) mass is 685 g/mol. The largest absolute Gasteiger partial charge is 0.427 e. The van der Waals surface area contributed by atoms with Crippen molar-refractivity contribution in [2.75, 3.05) is 6.54 Å². The van der Waals surface area contributed by atoms with Crippen molar-refractivity contribution >= 4 is 29.1 Å². The minimum absolute atomic E-state index is 0.0901. The molecule has 0 unspecified atom stereocenters. The Hall–Kier alpha value is -5.29. The van der Waals surface area contributed by atoms with Crippen LogP contribution in [0.5, 0.6) is 5.75 Å². The molecule has 0 aliphatic carbocycles. The van der Waals surface area contributed by atoms with Crippen molar-refractivity contribution in [3.8, 4) is 16.3 Å². The smallest absolute Gasteiger partial charge is 0.416 e. The summed E-state index contributed by atoms with van der Waals surface area (Å²) >= 11 is 1.38. The Bertz CT molecular complexity index is 1860. The first-order valence-electron chi connectivity index (χ1n) is 15.7. The number of benzene rings is 4. The number of aryl methyl sites for hydroxylation is 1. The van der Waals surface area contributed by atoms with Gasteiger partial charge in [-0.25, -0.2) is 4.98 Å². The number of carbonyl (C=O) groups excluding carboxylic acids is 3. The van der Waals surface area contributed by atoms with Crippen molar-refractivity contribution < 1.29 is 32.3 Å². The lowest BCUT2D eigenvalue weighted by Gasteiger charge is -2.22. The number of hydrogen-bond acceptors (Lipinski definition) is 6. The lowest BCUT2D eigenvalue weighted by Crippen LogP contribution is -2.30. The number of nitrogens with one attached hydrogen (secondary N) is 1. The summed E-state index contributed by atoms with van der Waals surface area (Å²) in [6, 6.07) is 28.1. The second kappa shape index (κ2) is 16.2. The molecule has 0 spiro atoms. The third-order valence-electron chi connectivity index (χ3n) is 7.62. The van der Waals surface area contributed by atoms with Crippen LogP contribution in [-0.2, 0) is 30.5 Å². The zero-order valence-corrected chi connectivity index (χ0v) is 27.5. The quantitative estimate of drug-likeness (QED) is 0.0765. The summed E-state index contributed by atoms with van der Waals surface area (Å²) in [5.74, 6) is -0.732. The van der Waals surface area contributed by atoms with E-state index in [0.717, 1.165) is 54.7 Å². The molecule has 5 rings (SSSR count). The Balaban J connectivity index is 1.23. The first-order chi connectivity index (χ1) is 23.5. The fourth-order valence-electron chi connectivity index (χ4n) is 5.11. The maximum atomic E-state index is 13.6. The molecule has 1 heterocycles. The lowest BCUT2D eigenvalue weighted by molar-refractivity contribution is -0.137. The summed E-state index contributed by atoms with van der Waals surface area (Å²) in [6.45, 7) is 2.10. The molecule has 0 atom stereocenters. The molecule has 2 amide bonds. The predicted molar refractivity (Wildman–Crippen MR) is 182 cm³/mol. The molecular weight excluding hydrogens is 651 g/mol. The van der Waals surface area contributed by atoms with Gasteiger partial charge in [0.05, 0.1) is 17.8 Å². The van der Waals surface area contributed by atoms with Crippen LogP contribution < -0.4 is 10.1 Å². The van der Waals surface area contributed by atoms with Crippen LogP contribution in [0, 0.1) is 0 Å². The summed E-state index contributed by atoms with van der Waals surface area (Å²) in [4.78, 5) is 43.8. The number of esters is 1. The normalized spacial score (nSPS) is 11.2. The fourth-order valence-corrected chi connectivity index (χ4v) is 5.92. The molecule has 0 bridgehead atoms. The van der Waals surface area contributed by atoms with Crippen LogP contribution in [0.25, 0.3) is 10.6 Å². The standard InChI is InChI=1S/C38H34F3N3O4S/c1-26(45)48-34-20-10-28(11-21-34)23-44(37(47)31-16-18-32(19-17-31)38(39,40)41)24-33-25-49-36(43-33)30-14-12-29(13-15-30)35(46)42-22-6-5-9-27-7-3-2-4-8-27/h2-4,7-8,10-21,25H,5-6,9,22-24H2,1H3,(H,42,46). The van der Waals surface area contributed by atoms with Gasteiger partial charge in [0.25, 0.3) is 11.8 Å². The average molecular weight is 686 g/mol. The molecule has 0 saturated carbocycles. The summed E-state index contributed by atoms with van der Waals surface area (Å²) < 4.78 is 44.5. The van der Waals surface area contributed by atoms with Crippen molar-refractivity contribution in [3.63, 3.8) is 0 Å². The number of ether oxygens (including phenoxy) is 1. The number of carbonyl (C=O) groups is 3. The highest BCUT2D eigenvalue weighted by atomic mass is 32.1. The van der Waals surface area contributed by atoms with Gasteiger partial charge < -0.3 is 15.0 Å². The number of rotatable bonds is 13. The maximum absolute atomic E-state index is 13.6. The van der Waals surface area contributed by atoms with Crippen LogP contribution in [0.3, 0.4) is 0 Å². The summed E-state index contributed by atoms with van der Waals surface area (Å²) in [5.41, 5.74) is 3.19. The van der Waals surface area contributed by atoms with E-state index >= 15 is 0 Å². The molecule has 5 aromatic rings. The number of aromatic nitrogens is 1. The molecular formula is C38H34F3N3O4S. The topological polar surface area (TPSA) is 88.6 Å². The number of thiazole rings is 1. The molecule has 252 valence electrons. The van der Waals surface area contributed by atoms with E-state index in [-0.39, 0.29) is 24.6 Å². The van der Waals surface area contributed by atoms with E-state index in [1.165, 1.54) is 28.7 Å². The van der Waals surface area contributed by atoms with Crippen molar-refractivity contribution in [2.24, 2.45) is 0 Å². The van der Waals surface area contributed by atoms with Crippen molar-refractivity contribution in [2.45, 2.75) is 45.5 Å². The van der Waals surface area contributed by atoms with E-state index < -0.39 is 23.6 Å². The molecule has 0 radical (unpaired) electrons. The zero-order valence-electron chi connectivity index (χ0n) is 26.7. The highest BCUT2D eigenvalue weighted by Gasteiger charge is 2.30. The van der Waals surface area contributed by atoms with E-state index in [0.29, 0.717) is 28.6 Å². The number of unbranched alkanes of at least 4 members (excludes halogenated alkanes) is 1. The Morgan fingerprint density at radius 1 is 0.796 bits per heavy atom. The molecule has 0 saturated heterocycles. The summed E-state index contributed by atoms with van der Waals surface area (Å²) in [7, 11) is 0. The second-order valence-electron chi connectivity index (χ2n) is 11.4. The number of nitrogens with zero attached hydrogens (tertiary/aromatic N) is 2. The van der Waals surface area contributed by atoms with Gasteiger partial charge in [0.15, 0.2) is 0 Å². The van der Waals surface area contributed by atoms with Crippen LogP contribution >= 0.6 is 11.3 Å². The van der Waals surface area contributed by atoms with Crippen LogP contribution in [0.2, 0.25) is 0 Å². The van der Waals surface area contributed by atoms with E-state index in [2.05, 4.69) is 17.4 Å². The SMILES string of the molecule is CC(=O)Oc1ccc(CN(Cc2csc(-c3ccc(C(=O)NCCCCc4ccccc4)cc3)n2)C(=O)c2ccc(C(F)(F)F)cc2)cc1. The van der Waals surface area contributed by atoms with Gasteiger partial charge in [0.1, 0.15) is 10.8 Å². The number of hydrogen-bond donors (Lipinski definition) is 1. The van der Waals surface area contributed by atoms with Gasteiger partial charge >= 0.3 is 12.1 Å². The Labute approximate surface area is 286 Å². The minimum Gasteiger partial charge on any atom is -0.427 e. The minimum atomic E-state index is -4.52. The molecule has 11 heteroatoms. The zero-order chi connectivity index (χ0) is 34.8. The third kappa shape index (κ3) is 10.1. The van der Waals surface area contributed by atoms with Gasteiger partial charge in [-0.1, -0.05) is 54.6 Å². The van der Waals surface area contributed by atoms with Gasteiger partial charge in [-0.15, -0.1) is 11.3 Å². The Morgan fingerprint density at radius 3 is 2.12 bits per heavy atom. The highest BCUT2D eigenvalue weighted by Crippen LogP contribution is 2.30. The summed E-state index contributed by atoms with van der Waals surface area (Å²) in [5, 5.41) is 5.48. The Morgan fingerprint density at radius 2 is 1.47 bits per heavy atom. The van der Waals surface area contributed by atoms with Crippen LogP contribution in [0.15, 0.2) is 109 Å². The average Bonchev–Trinajstić information content (AvgIpc) is 3.57.